The largest absolute Gasteiger partial charge is 0.508 e. The number of pyridine rings is 1. The molecule has 0 saturated heterocycles. The van der Waals surface area contributed by atoms with Crippen molar-refractivity contribution in [2.24, 2.45) is 0 Å². The summed E-state index contributed by atoms with van der Waals surface area (Å²) in [6.07, 6.45) is 3.48. The third-order valence-electron chi connectivity index (χ3n) is 3.57. The van der Waals surface area contributed by atoms with Gasteiger partial charge in [-0.3, -0.25) is 4.98 Å². The van der Waals surface area contributed by atoms with Crippen LogP contribution in [0.5, 0.6) is 5.75 Å². The highest BCUT2D eigenvalue weighted by Gasteiger charge is 2.03. The molecule has 136 valence electrons. The van der Waals surface area contributed by atoms with Crippen LogP contribution >= 0.6 is 11.8 Å². The molecule has 7 heteroatoms. The number of benzene rings is 2. The number of nitrogens with zero attached hydrogens (tertiary/aromatic N) is 2. The van der Waals surface area contributed by atoms with Crippen molar-refractivity contribution in [1.82, 2.24) is 15.0 Å². The molecule has 0 saturated carbocycles. The number of aromatic nitrogens is 3. The molecule has 0 atom stereocenters. The Hall–Kier alpha value is -3.32. The fraction of sp³-hybridized carbons (Fsp3) is 0.0500. The van der Waals surface area contributed by atoms with Crippen molar-refractivity contribution in [2.75, 3.05) is 0 Å². The van der Waals surface area contributed by atoms with E-state index in [4.69, 9.17) is 5.11 Å². The summed E-state index contributed by atoms with van der Waals surface area (Å²) in [7, 11) is 0. The topological polar surface area (TPSA) is 99.1 Å². The normalized spacial score (nSPS) is 10.2. The molecule has 0 radical (unpaired) electrons. The van der Waals surface area contributed by atoms with Crippen molar-refractivity contribution in [2.45, 2.75) is 10.9 Å². The number of H-pyrrole nitrogens is 1. The highest BCUT2D eigenvalue weighted by molar-refractivity contribution is 7.98. The van der Waals surface area contributed by atoms with E-state index in [2.05, 4.69) is 15.0 Å². The van der Waals surface area contributed by atoms with Crippen LogP contribution in [0, 0.1) is 0 Å². The zero-order valence-electron chi connectivity index (χ0n) is 14.2. The predicted molar refractivity (Wildman–Crippen MR) is 105 cm³/mol. The molecular weight excluding hydrogens is 362 g/mol. The minimum absolute atomic E-state index is 0.293. The molecule has 27 heavy (non-hydrogen) atoms. The fourth-order valence-electron chi connectivity index (χ4n) is 2.28. The lowest BCUT2D eigenvalue weighted by Gasteiger charge is -1.99. The highest BCUT2D eigenvalue weighted by Crippen LogP contribution is 2.23. The molecular formula is C20H17N3O3S. The number of phenolic OH excluding ortho intramolecular Hbond substituents is 1. The molecule has 0 spiro atoms. The summed E-state index contributed by atoms with van der Waals surface area (Å²) in [4.78, 5) is 21.9. The van der Waals surface area contributed by atoms with Gasteiger partial charge in [-0.25, -0.2) is 9.78 Å². The van der Waals surface area contributed by atoms with Gasteiger partial charge in [-0.05, 0) is 35.9 Å². The third kappa shape index (κ3) is 5.32. The van der Waals surface area contributed by atoms with E-state index in [9.17, 15) is 9.90 Å². The molecule has 6 nitrogen and oxygen atoms in total. The maximum absolute atomic E-state index is 10.2. The van der Waals surface area contributed by atoms with E-state index in [1.807, 2.05) is 18.2 Å². The Morgan fingerprint density at radius 3 is 2.56 bits per heavy atom. The second-order valence-electron chi connectivity index (χ2n) is 5.56. The zero-order chi connectivity index (χ0) is 19.1. The number of aromatic carboxylic acids is 1. The maximum Gasteiger partial charge on any atom is 0.335 e. The Kier molecular flexibility index (Phi) is 6.06. The average molecular weight is 379 g/mol. The first-order chi connectivity index (χ1) is 13.1. The van der Waals surface area contributed by atoms with Crippen LogP contribution < -0.4 is 0 Å². The summed E-state index contributed by atoms with van der Waals surface area (Å²) in [6.45, 7) is 0. The van der Waals surface area contributed by atoms with Crippen molar-refractivity contribution in [3.05, 3.63) is 84.2 Å². The second kappa shape index (κ2) is 8.86. The molecule has 0 aliphatic heterocycles. The fourth-order valence-corrected chi connectivity index (χ4v) is 3.11. The van der Waals surface area contributed by atoms with Gasteiger partial charge in [0.25, 0.3) is 0 Å². The second-order valence-corrected chi connectivity index (χ2v) is 6.53. The van der Waals surface area contributed by atoms with Crippen LogP contribution in [0.2, 0.25) is 0 Å². The van der Waals surface area contributed by atoms with E-state index < -0.39 is 5.97 Å². The minimum atomic E-state index is -0.879. The molecule has 4 aromatic rings. The molecule has 2 aromatic heterocycles. The quantitative estimate of drug-likeness (QED) is 0.456. The van der Waals surface area contributed by atoms with Gasteiger partial charge in [0.2, 0.25) is 0 Å². The lowest BCUT2D eigenvalue weighted by Crippen LogP contribution is -1.93. The Morgan fingerprint density at radius 2 is 1.89 bits per heavy atom. The van der Waals surface area contributed by atoms with Crippen molar-refractivity contribution in [1.29, 1.82) is 0 Å². The Morgan fingerprint density at radius 1 is 1.07 bits per heavy atom. The number of hydrogen-bond acceptors (Lipinski definition) is 5. The van der Waals surface area contributed by atoms with E-state index in [1.165, 1.54) is 0 Å². The van der Waals surface area contributed by atoms with Crippen LogP contribution in [0.1, 0.15) is 15.9 Å². The third-order valence-corrected chi connectivity index (χ3v) is 4.51. The molecule has 0 fully saturated rings. The van der Waals surface area contributed by atoms with E-state index >= 15 is 0 Å². The number of aromatic hydroxyl groups is 1. The molecule has 0 amide bonds. The van der Waals surface area contributed by atoms with Gasteiger partial charge >= 0.3 is 5.97 Å². The number of hydrogen-bond donors (Lipinski definition) is 3. The van der Waals surface area contributed by atoms with E-state index in [0.29, 0.717) is 11.3 Å². The first kappa shape index (κ1) is 18.5. The summed E-state index contributed by atoms with van der Waals surface area (Å²) in [5, 5.41) is 18.6. The number of carbonyl (C=O) groups is 1. The van der Waals surface area contributed by atoms with Crippen LogP contribution in [0.25, 0.3) is 11.0 Å². The van der Waals surface area contributed by atoms with Gasteiger partial charge in [0.05, 0.1) is 17.3 Å². The standard InChI is InChI=1S/C13H11N3OS.C7H6O2/c17-10-3-1-2-9(6-10)8-18-13-15-11-4-5-14-7-12(11)16-13;8-7(9)6-4-2-1-3-5-6/h1-7,17H,8H2,(H,15,16);1-5H,(H,8,9). The van der Waals surface area contributed by atoms with Gasteiger partial charge in [-0.15, -0.1) is 0 Å². The Balaban J connectivity index is 0.000000197. The Labute approximate surface area is 159 Å². The number of carboxylic acids is 1. The number of rotatable bonds is 4. The summed E-state index contributed by atoms with van der Waals surface area (Å²) >= 11 is 1.60. The van der Waals surface area contributed by atoms with Crippen molar-refractivity contribution < 1.29 is 15.0 Å². The molecule has 0 bridgehead atoms. The molecule has 0 unspecified atom stereocenters. The van der Waals surface area contributed by atoms with Crippen LogP contribution in [0.3, 0.4) is 0 Å². The Bertz CT molecular complexity index is 1000. The number of aromatic amines is 1. The van der Waals surface area contributed by atoms with Crippen LogP contribution in [0.15, 0.2) is 78.2 Å². The lowest BCUT2D eigenvalue weighted by atomic mass is 10.2. The summed E-state index contributed by atoms with van der Waals surface area (Å²) in [5.74, 6) is 0.180. The average Bonchev–Trinajstić information content (AvgIpc) is 3.11. The van der Waals surface area contributed by atoms with Crippen LogP contribution in [-0.2, 0) is 5.75 Å². The van der Waals surface area contributed by atoms with E-state index in [-0.39, 0.29) is 0 Å². The molecule has 0 aliphatic rings. The maximum atomic E-state index is 10.2. The lowest BCUT2D eigenvalue weighted by molar-refractivity contribution is 0.0697. The molecule has 4 rings (SSSR count). The van der Waals surface area contributed by atoms with Gasteiger partial charge in [0, 0.05) is 11.9 Å². The monoisotopic (exact) mass is 379 g/mol. The van der Waals surface area contributed by atoms with Crippen LogP contribution in [-0.4, -0.2) is 31.1 Å². The minimum Gasteiger partial charge on any atom is -0.508 e. The molecule has 2 aromatic carbocycles. The molecule has 0 aliphatic carbocycles. The number of thioether (sulfide) groups is 1. The first-order valence-electron chi connectivity index (χ1n) is 8.10. The summed E-state index contributed by atoms with van der Waals surface area (Å²) in [6, 6.07) is 17.5. The van der Waals surface area contributed by atoms with Gasteiger partial charge in [-0.2, -0.15) is 0 Å². The number of carboxylic acid groups (broad SMARTS) is 1. The zero-order valence-corrected chi connectivity index (χ0v) is 15.1. The molecule has 2 heterocycles. The summed E-state index contributed by atoms with van der Waals surface area (Å²) in [5.41, 5.74) is 3.26. The number of fused-ring (bicyclic) bond motifs is 1. The number of nitrogens with one attached hydrogen (secondary N) is 1. The highest BCUT2D eigenvalue weighted by atomic mass is 32.2. The SMILES string of the molecule is O=C(O)c1ccccc1.Oc1cccc(CSc2nc3cnccc3[nH]2)c1. The van der Waals surface area contributed by atoms with Gasteiger partial charge in [0.1, 0.15) is 11.3 Å². The van der Waals surface area contributed by atoms with E-state index in [0.717, 1.165) is 27.5 Å². The first-order valence-corrected chi connectivity index (χ1v) is 9.09. The van der Waals surface area contributed by atoms with Gasteiger partial charge < -0.3 is 15.2 Å². The van der Waals surface area contributed by atoms with Crippen LogP contribution in [0.4, 0.5) is 0 Å². The van der Waals surface area contributed by atoms with Crippen molar-refractivity contribution in [3.8, 4) is 5.75 Å². The van der Waals surface area contributed by atoms with Crippen molar-refractivity contribution >= 4 is 28.8 Å². The van der Waals surface area contributed by atoms with Crippen molar-refractivity contribution in [3.63, 3.8) is 0 Å². The summed E-state index contributed by atoms with van der Waals surface area (Å²) < 4.78 is 0. The van der Waals surface area contributed by atoms with Gasteiger partial charge in [0.15, 0.2) is 5.16 Å². The van der Waals surface area contributed by atoms with E-state index in [1.54, 1.807) is 66.6 Å². The number of phenols is 1. The van der Waals surface area contributed by atoms with Gasteiger partial charge in [-0.1, -0.05) is 42.1 Å². The smallest absolute Gasteiger partial charge is 0.335 e. The predicted octanol–water partition coefficient (Wildman–Crippen LogP) is 4.34. The number of imidazole rings is 1. The molecule has 3 N–H and O–H groups in total.